The Hall–Kier alpha value is -1.71. The summed E-state index contributed by atoms with van der Waals surface area (Å²) in [6, 6.07) is 6.46. The number of hydrogen-bond acceptors (Lipinski definition) is 4. The van der Waals surface area contributed by atoms with Crippen molar-refractivity contribution >= 4 is 5.97 Å². The van der Waals surface area contributed by atoms with Crippen LogP contribution in [-0.2, 0) is 9.53 Å². The van der Waals surface area contributed by atoms with Crippen molar-refractivity contribution in [3.8, 4) is 11.5 Å². The lowest BCUT2D eigenvalue weighted by Crippen LogP contribution is -2.25. The van der Waals surface area contributed by atoms with Crippen molar-refractivity contribution in [1.82, 2.24) is 0 Å². The van der Waals surface area contributed by atoms with Gasteiger partial charge in [-0.05, 0) is 43.0 Å². The zero-order valence-corrected chi connectivity index (χ0v) is 9.76. The molecule has 1 aliphatic rings. The number of hydrogen-bond donors (Lipinski definition) is 1. The molecule has 1 unspecified atom stereocenters. The molecule has 2 rings (SSSR count). The number of methoxy groups -OCH3 is 1. The van der Waals surface area contributed by atoms with E-state index in [1.54, 1.807) is 24.3 Å². The van der Waals surface area contributed by atoms with Gasteiger partial charge in [-0.15, -0.1) is 0 Å². The molecule has 1 fully saturated rings. The molecule has 1 N–H and O–H groups in total. The first-order valence-corrected chi connectivity index (χ1v) is 5.70. The molecule has 1 saturated carbocycles. The number of phenols is 1. The Bertz CT molecular complexity index is 381. The number of benzene rings is 1. The second-order valence-electron chi connectivity index (χ2n) is 4.27. The minimum absolute atomic E-state index is 0.172. The van der Waals surface area contributed by atoms with Gasteiger partial charge in [0.15, 0.2) is 0 Å². The summed E-state index contributed by atoms with van der Waals surface area (Å²) in [5.74, 6) is 0.876. The highest BCUT2D eigenvalue weighted by molar-refractivity contribution is 5.73. The molecule has 0 saturated heterocycles. The molecule has 17 heavy (non-hydrogen) atoms. The van der Waals surface area contributed by atoms with Gasteiger partial charge in [0.25, 0.3) is 0 Å². The maximum absolute atomic E-state index is 11.5. The van der Waals surface area contributed by atoms with Gasteiger partial charge in [0, 0.05) is 0 Å². The maximum atomic E-state index is 11.5. The Balaban J connectivity index is 1.90. The number of carbonyl (C=O) groups is 1. The third-order valence-corrected chi connectivity index (χ3v) is 2.96. The van der Waals surface area contributed by atoms with Crippen LogP contribution in [-0.4, -0.2) is 24.8 Å². The van der Waals surface area contributed by atoms with Crippen molar-refractivity contribution in [1.29, 1.82) is 0 Å². The summed E-state index contributed by atoms with van der Waals surface area (Å²) in [7, 11) is 1.40. The number of ether oxygens (including phenoxy) is 2. The third kappa shape index (κ3) is 3.12. The number of carbonyl (C=O) groups excluding carboxylic acids is 1. The van der Waals surface area contributed by atoms with Crippen molar-refractivity contribution in [2.75, 3.05) is 13.7 Å². The monoisotopic (exact) mass is 236 g/mol. The lowest BCUT2D eigenvalue weighted by molar-refractivity contribution is -0.147. The molecule has 4 nitrogen and oxygen atoms in total. The topological polar surface area (TPSA) is 55.8 Å². The summed E-state index contributed by atoms with van der Waals surface area (Å²) in [6.07, 6.45) is 2.14. The van der Waals surface area contributed by atoms with Gasteiger partial charge in [0.1, 0.15) is 18.1 Å². The molecular formula is C13H16O4. The van der Waals surface area contributed by atoms with Gasteiger partial charge in [-0.2, -0.15) is 0 Å². The third-order valence-electron chi connectivity index (χ3n) is 2.96. The first-order valence-electron chi connectivity index (χ1n) is 5.70. The first-order chi connectivity index (χ1) is 8.20. The molecule has 1 atom stereocenters. The summed E-state index contributed by atoms with van der Waals surface area (Å²) in [4.78, 5) is 11.5. The molecular weight excluding hydrogens is 220 g/mol. The van der Waals surface area contributed by atoms with Gasteiger partial charge in [0.2, 0.25) is 0 Å². The van der Waals surface area contributed by atoms with Gasteiger partial charge in [0.05, 0.1) is 13.0 Å². The zero-order valence-electron chi connectivity index (χ0n) is 9.76. The van der Waals surface area contributed by atoms with Crippen LogP contribution in [0.25, 0.3) is 0 Å². The highest BCUT2D eigenvalue weighted by Crippen LogP contribution is 2.37. The van der Waals surface area contributed by atoms with Gasteiger partial charge in [-0.25, -0.2) is 0 Å². The summed E-state index contributed by atoms with van der Waals surface area (Å²) in [5.41, 5.74) is 0. The molecule has 0 amide bonds. The Morgan fingerprint density at radius 1 is 1.41 bits per heavy atom. The van der Waals surface area contributed by atoms with Crippen LogP contribution >= 0.6 is 0 Å². The van der Waals surface area contributed by atoms with Crippen LogP contribution in [0, 0.1) is 11.8 Å². The van der Waals surface area contributed by atoms with Gasteiger partial charge < -0.3 is 14.6 Å². The van der Waals surface area contributed by atoms with E-state index in [1.807, 2.05) is 0 Å². The smallest absolute Gasteiger partial charge is 0.312 e. The summed E-state index contributed by atoms with van der Waals surface area (Å²) in [5, 5.41) is 9.13. The van der Waals surface area contributed by atoms with Crippen LogP contribution in [0.5, 0.6) is 11.5 Å². The largest absolute Gasteiger partial charge is 0.508 e. The predicted octanol–water partition coefficient (Wildman–Crippen LogP) is 1.97. The predicted molar refractivity (Wildman–Crippen MR) is 61.8 cm³/mol. The van der Waals surface area contributed by atoms with E-state index in [1.165, 1.54) is 7.11 Å². The highest BCUT2D eigenvalue weighted by atomic mass is 16.5. The second-order valence-corrected chi connectivity index (χ2v) is 4.27. The van der Waals surface area contributed by atoms with Gasteiger partial charge in [-0.3, -0.25) is 4.79 Å². The van der Waals surface area contributed by atoms with Crippen LogP contribution in [0.4, 0.5) is 0 Å². The fourth-order valence-corrected chi connectivity index (χ4v) is 1.77. The fraction of sp³-hybridized carbons (Fsp3) is 0.462. The van der Waals surface area contributed by atoms with Crippen LogP contribution in [0.3, 0.4) is 0 Å². The van der Waals surface area contributed by atoms with E-state index in [2.05, 4.69) is 0 Å². The minimum Gasteiger partial charge on any atom is -0.508 e. The molecule has 1 aromatic carbocycles. The maximum Gasteiger partial charge on any atom is 0.312 e. The SMILES string of the molecule is COC(=O)C(COc1ccc(O)cc1)C1CC1. The van der Waals surface area contributed by atoms with E-state index >= 15 is 0 Å². The van der Waals surface area contributed by atoms with E-state index in [9.17, 15) is 4.79 Å². The highest BCUT2D eigenvalue weighted by Gasteiger charge is 2.37. The number of aromatic hydroxyl groups is 1. The van der Waals surface area contributed by atoms with E-state index in [0.717, 1.165) is 12.8 Å². The summed E-state index contributed by atoms with van der Waals surface area (Å²) in [6.45, 7) is 0.335. The standard InChI is InChI=1S/C13H16O4/c1-16-13(15)12(9-2-3-9)8-17-11-6-4-10(14)5-7-11/h4-7,9,12,14H,2-3,8H2,1H3. The molecule has 0 aromatic heterocycles. The molecule has 0 heterocycles. The van der Waals surface area contributed by atoms with Crippen molar-refractivity contribution < 1.29 is 19.4 Å². The van der Waals surface area contributed by atoms with E-state index in [-0.39, 0.29) is 17.6 Å². The summed E-state index contributed by atoms with van der Waals surface area (Å²) >= 11 is 0. The molecule has 1 aromatic rings. The molecule has 0 spiro atoms. The lowest BCUT2D eigenvalue weighted by Gasteiger charge is -2.14. The Kier molecular flexibility index (Phi) is 3.52. The quantitative estimate of drug-likeness (QED) is 0.794. The molecule has 0 radical (unpaired) electrons. The summed E-state index contributed by atoms with van der Waals surface area (Å²) < 4.78 is 10.3. The van der Waals surface area contributed by atoms with Gasteiger partial charge >= 0.3 is 5.97 Å². The van der Waals surface area contributed by atoms with E-state index in [0.29, 0.717) is 18.3 Å². The normalized spacial score (nSPS) is 16.3. The Morgan fingerprint density at radius 3 is 2.59 bits per heavy atom. The number of phenolic OH excluding ortho intramolecular Hbond substituents is 1. The van der Waals surface area contributed by atoms with Crippen molar-refractivity contribution in [2.24, 2.45) is 11.8 Å². The molecule has 4 heteroatoms. The number of esters is 1. The first kappa shape index (κ1) is 11.8. The molecule has 1 aliphatic carbocycles. The Labute approximate surface area is 100 Å². The second kappa shape index (κ2) is 5.08. The minimum atomic E-state index is -0.203. The average Bonchev–Trinajstić information content (AvgIpc) is 3.16. The van der Waals surface area contributed by atoms with Crippen molar-refractivity contribution in [3.05, 3.63) is 24.3 Å². The van der Waals surface area contributed by atoms with Gasteiger partial charge in [-0.1, -0.05) is 0 Å². The molecule has 0 aliphatic heterocycles. The average molecular weight is 236 g/mol. The van der Waals surface area contributed by atoms with Crippen molar-refractivity contribution in [3.63, 3.8) is 0 Å². The zero-order chi connectivity index (χ0) is 12.3. The van der Waals surface area contributed by atoms with Crippen LogP contribution in [0.15, 0.2) is 24.3 Å². The Morgan fingerprint density at radius 2 is 2.06 bits per heavy atom. The molecule has 92 valence electrons. The van der Waals surface area contributed by atoms with Crippen LogP contribution < -0.4 is 4.74 Å². The lowest BCUT2D eigenvalue weighted by atomic mass is 10.1. The van der Waals surface area contributed by atoms with E-state index < -0.39 is 0 Å². The van der Waals surface area contributed by atoms with E-state index in [4.69, 9.17) is 14.6 Å². The van der Waals surface area contributed by atoms with Crippen LogP contribution in [0.2, 0.25) is 0 Å². The van der Waals surface area contributed by atoms with Crippen molar-refractivity contribution in [2.45, 2.75) is 12.8 Å². The van der Waals surface area contributed by atoms with Crippen LogP contribution in [0.1, 0.15) is 12.8 Å². The number of rotatable bonds is 5. The fourth-order valence-electron chi connectivity index (χ4n) is 1.77. The molecule has 0 bridgehead atoms.